The molecule has 4 heteroatoms. The van der Waals surface area contributed by atoms with E-state index in [1.807, 2.05) is 12.1 Å². The SMILES string of the molecule is NCC(CO)(Cc1cc(Cl)cc2c1OCC2)C1CC1. The highest BCUT2D eigenvalue weighted by Gasteiger charge is 2.44. The second-order valence-electron chi connectivity index (χ2n) is 5.83. The molecule has 2 aliphatic rings. The van der Waals surface area contributed by atoms with E-state index < -0.39 is 0 Å². The van der Waals surface area contributed by atoms with Crippen LogP contribution in [0.2, 0.25) is 5.02 Å². The molecule has 0 radical (unpaired) electrons. The smallest absolute Gasteiger partial charge is 0.125 e. The Bertz CT molecular complexity index is 481. The van der Waals surface area contributed by atoms with Gasteiger partial charge in [-0.2, -0.15) is 0 Å². The van der Waals surface area contributed by atoms with Crippen LogP contribution in [-0.2, 0) is 12.8 Å². The minimum absolute atomic E-state index is 0.134. The van der Waals surface area contributed by atoms with Crippen LogP contribution in [-0.4, -0.2) is 24.9 Å². The number of fused-ring (bicyclic) bond motifs is 1. The first-order chi connectivity index (χ1) is 9.18. The second kappa shape index (κ2) is 4.97. The topological polar surface area (TPSA) is 55.5 Å². The maximum absolute atomic E-state index is 9.81. The predicted octanol–water partition coefficient (Wildman–Crippen LogP) is 2.16. The first kappa shape index (κ1) is 13.2. The van der Waals surface area contributed by atoms with Crippen molar-refractivity contribution in [2.45, 2.75) is 25.7 Å². The summed E-state index contributed by atoms with van der Waals surface area (Å²) in [6, 6.07) is 3.95. The van der Waals surface area contributed by atoms with E-state index in [4.69, 9.17) is 22.1 Å². The molecular weight excluding hydrogens is 262 g/mol. The minimum atomic E-state index is -0.204. The second-order valence-corrected chi connectivity index (χ2v) is 6.26. The van der Waals surface area contributed by atoms with Gasteiger partial charge in [-0.25, -0.2) is 0 Å². The molecule has 0 bridgehead atoms. The Hall–Kier alpha value is -0.770. The zero-order valence-electron chi connectivity index (χ0n) is 11.0. The van der Waals surface area contributed by atoms with Gasteiger partial charge in [0.05, 0.1) is 13.2 Å². The van der Waals surface area contributed by atoms with Gasteiger partial charge < -0.3 is 15.6 Å². The largest absolute Gasteiger partial charge is 0.493 e. The quantitative estimate of drug-likeness (QED) is 0.870. The monoisotopic (exact) mass is 281 g/mol. The Kier molecular flexibility index (Phi) is 3.46. The fourth-order valence-corrected chi connectivity index (χ4v) is 3.45. The molecule has 3 rings (SSSR count). The Morgan fingerprint density at radius 2 is 2.21 bits per heavy atom. The molecule has 1 atom stereocenters. The number of benzene rings is 1. The lowest BCUT2D eigenvalue weighted by molar-refractivity contribution is 0.108. The molecule has 1 fully saturated rings. The molecule has 1 aliphatic heterocycles. The van der Waals surface area contributed by atoms with Crippen LogP contribution in [0.1, 0.15) is 24.0 Å². The van der Waals surface area contributed by atoms with Crippen molar-refractivity contribution in [3.05, 3.63) is 28.3 Å². The first-order valence-corrected chi connectivity index (χ1v) is 7.31. The average Bonchev–Trinajstić information content (AvgIpc) is 3.15. The van der Waals surface area contributed by atoms with E-state index in [1.165, 1.54) is 18.4 Å². The number of aliphatic hydroxyl groups is 1. The van der Waals surface area contributed by atoms with Gasteiger partial charge in [0.2, 0.25) is 0 Å². The first-order valence-electron chi connectivity index (χ1n) is 6.93. The van der Waals surface area contributed by atoms with Crippen LogP contribution >= 0.6 is 11.6 Å². The van der Waals surface area contributed by atoms with Crippen LogP contribution in [0, 0.1) is 11.3 Å². The van der Waals surface area contributed by atoms with E-state index in [0.717, 1.165) is 35.8 Å². The lowest BCUT2D eigenvalue weighted by atomic mass is 9.77. The van der Waals surface area contributed by atoms with E-state index >= 15 is 0 Å². The molecule has 1 aliphatic carbocycles. The summed E-state index contributed by atoms with van der Waals surface area (Å²) in [6.45, 7) is 1.37. The molecular formula is C15H20ClNO2. The summed E-state index contributed by atoms with van der Waals surface area (Å²) in [6.07, 6.45) is 4.01. The fraction of sp³-hybridized carbons (Fsp3) is 0.600. The highest BCUT2D eigenvalue weighted by molar-refractivity contribution is 6.30. The summed E-state index contributed by atoms with van der Waals surface area (Å²) in [7, 11) is 0. The van der Waals surface area contributed by atoms with Gasteiger partial charge in [-0.3, -0.25) is 0 Å². The molecule has 0 amide bonds. The highest BCUT2D eigenvalue weighted by Crippen LogP contribution is 2.48. The molecule has 0 spiro atoms. The van der Waals surface area contributed by atoms with E-state index in [-0.39, 0.29) is 12.0 Å². The zero-order valence-corrected chi connectivity index (χ0v) is 11.7. The van der Waals surface area contributed by atoms with Crippen molar-refractivity contribution in [1.29, 1.82) is 0 Å². The van der Waals surface area contributed by atoms with Gasteiger partial charge in [0.15, 0.2) is 0 Å². The number of rotatable bonds is 5. The molecule has 1 heterocycles. The van der Waals surface area contributed by atoms with Crippen LogP contribution in [0.25, 0.3) is 0 Å². The molecule has 1 aromatic rings. The third kappa shape index (κ3) is 2.35. The van der Waals surface area contributed by atoms with E-state index in [2.05, 4.69) is 0 Å². The third-order valence-corrected chi connectivity index (χ3v) is 4.75. The summed E-state index contributed by atoms with van der Waals surface area (Å²) in [5.41, 5.74) is 8.04. The maximum atomic E-state index is 9.81. The molecule has 104 valence electrons. The summed E-state index contributed by atoms with van der Waals surface area (Å²) < 4.78 is 5.74. The summed E-state index contributed by atoms with van der Waals surface area (Å²) >= 11 is 6.19. The fourth-order valence-electron chi connectivity index (χ4n) is 3.19. The number of nitrogens with two attached hydrogens (primary N) is 1. The number of hydrogen-bond acceptors (Lipinski definition) is 3. The minimum Gasteiger partial charge on any atom is -0.493 e. The van der Waals surface area contributed by atoms with Crippen molar-refractivity contribution >= 4 is 11.6 Å². The number of hydrogen-bond donors (Lipinski definition) is 2. The van der Waals surface area contributed by atoms with Gasteiger partial charge in [-0.05, 0) is 48.4 Å². The number of aliphatic hydroxyl groups excluding tert-OH is 1. The van der Waals surface area contributed by atoms with E-state index in [9.17, 15) is 5.11 Å². The molecule has 3 N–H and O–H groups in total. The molecule has 1 unspecified atom stereocenters. The van der Waals surface area contributed by atoms with Crippen LogP contribution in [0.15, 0.2) is 12.1 Å². The summed E-state index contributed by atoms with van der Waals surface area (Å²) in [4.78, 5) is 0. The highest BCUT2D eigenvalue weighted by atomic mass is 35.5. The van der Waals surface area contributed by atoms with Gasteiger partial charge >= 0.3 is 0 Å². The van der Waals surface area contributed by atoms with Crippen LogP contribution in [0.5, 0.6) is 5.75 Å². The van der Waals surface area contributed by atoms with E-state index in [0.29, 0.717) is 12.5 Å². The molecule has 1 saturated carbocycles. The Morgan fingerprint density at radius 1 is 1.42 bits per heavy atom. The van der Waals surface area contributed by atoms with Gasteiger partial charge in [0.25, 0.3) is 0 Å². The maximum Gasteiger partial charge on any atom is 0.125 e. The Morgan fingerprint density at radius 3 is 2.84 bits per heavy atom. The molecule has 0 aromatic heterocycles. The summed E-state index contributed by atoms with van der Waals surface area (Å²) in [5.74, 6) is 1.51. The third-order valence-electron chi connectivity index (χ3n) is 4.53. The number of halogens is 1. The summed E-state index contributed by atoms with van der Waals surface area (Å²) in [5, 5.41) is 10.6. The standard InChI is InChI=1S/C15H20ClNO2/c16-13-5-10-3-4-19-14(10)11(6-13)7-15(8-17,9-18)12-1-2-12/h5-6,12,18H,1-4,7-9,17H2. The van der Waals surface area contributed by atoms with Gasteiger partial charge in [-0.1, -0.05) is 11.6 Å². The Labute approximate surface area is 118 Å². The predicted molar refractivity (Wildman–Crippen MR) is 75.7 cm³/mol. The van der Waals surface area contributed by atoms with Crippen molar-refractivity contribution < 1.29 is 9.84 Å². The average molecular weight is 282 g/mol. The molecule has 19 heavy (non-hydrogen) atoms. The van der Waals surface area contributed by atoms with E-state index in [1.54, 1.807) is 0 Å². The molecule has 1 aromatic carbocycles. The van der Waals surface area contributed by atoms with Crippen molar-refractivity contribution in [2.24, 2.45) is 17.1 Å². The van der Waals surface area contributed by atoms with Crippen molar-refractivity contribution in [3.8, 4) is 5.75 Å². The van der Waals surface area contributed by atoms with Crippen LogP contribution in [0.4, 0.5) is 0 Å². The number of ether oxygens (including phenoxy) is 1. The lowest BCUT2D eigenvalue weighted by Gasteiger charge is -2.31. The van der Waals surface area contributed by atoms with Crippen LogP contribution in [0.3, 0.4) is 0 Å². The lowest BCUT2D eigenvalue weighted by Crippen LogP contribution is -2.38. The van der Waals surface area contributed by atoms with Gasteiger partial charge in [0, 0.05) is 23.4 Å². The Balaban J connectivity index is 1.94. The van der Waals surface area contributed by atoms with Crippen molar-refractivity contribution in [3.63, 3.8) is 0 Å². The van der Waals surface area contributed by atoms with Crippen molar-refractivity contribution in [1.82, 2.24) is 0 Å². The van der Waals surface area contributed by atoms with Gasteiger partial charge in [-0.15, -0.1) is 0 Å². The molecule has 3 nitrogen and oxygen atoms in total. The molecule has 0 saturated heterocycles. The van der Waals surface area contributed by atoms with Crippen molar-refractivity contribution in [2.75, 3.05) is 19.8 Å². The van der Waals surface area contributed by atoms with Crippen LogP contribution < -0.4 is 10.5 Å². The normalized spacial score (nSPS) is 20.8. The zero-order chi connectivity index (χ0) is 13.5. The van der Waals surface area contributed by atoms with Gasteiger partial charge in [0.1, 0.15) is 5.75 Å².